The first-order valence-corrected chi connectivity index (χ1v) is 7.07. The van der Waals surface area contributed by atoms with E-state index in [4.69, 9.17) is 5.73 Å². The van der Waals surface area contributed by atoms with Gasteiger partial charge in [0.05, 0.1) is 17.9 Å². The molecule has 1 heterocycles. The summed E-state index contributed by atoms with van der Waals surface area (Å²) in [6, 6.07) is 3.21. The summed E-state index contributed by atoms with van der Waals surface area (Å²) in [5.74, 6) is 0.725. The SMILES string of the molecule is CCN(CC)c1ccc(NC(=O)C(N)C(C)(C)C)cn1. The minimum absolute atomic E-state index is 0.185. The first-order valence-electron chi connectivity index (χ1n) is 7.07. The van der Waals surface area contributed by atoms with Gasteiger partial charge in [0.15, 0.2) is 0 Å². The summed E-state index contributed by atoms with van der Waals surface area (Å²) in [4.78, 5) is 18.5. The predicted molar refractivity (Wildman–Crippen MR) is 83.9 cm³/mol. The van der Waals surface area contributed by atoms with Gasteiger partial charge in [0.25, 0.3) is 0 Å². The Bertz CT molecular complexity index is 432. The molecule has 0 aromatic carbocycles. The van der Waals surface area contributed by atoms with Crippen LogP contribution in [0.3, 0.4) is 0 Å². The Labute approximate surface area is 121 Å². The second kappa shape index (κ2) is 6.70. The molecular weight excluding hydrogens is 252 g/mol. The van der Waals surface area contributed by atoms with Gasteiger partial charge in [0.1, 0.15) is 5.82 Å². The molecule has 5 nitrogen and oxygen atoms in total. The van der Waals surface area contributed by atoms with Crippen molar-refractivity contribution in [3.8, 4) is 0 Å². The van der Waals surface area contributed by atoms with Crippen LogP contribution in [0.5, 0.6) is 0 Å². The molecule has 1 aromatic heterocycles. The fourth-order valence-electron chi connectivity index (χ4n) is 1.81. The monoisotopic (exact) mass is 278 g/mol. The van der Waals surface area contributed by atoms with Gasteiger partial charge in [-0.2, -0.15) is 0 Å². The van der Waals surface area contributed by atoms with Gasteiger partial charge in [-0.15, -0.1) is 0 Å². The first-order chi connectivity index (χ1) is 9.29. The molecule has 112 valence electrons. The van der Waals surface area contributed by atoms with Crippen LogP contribution in [0.15, 0.2) is 18.3 Å². The molecular formula is C15H26N4O. The molecule has 1 amide bonds. The van der Waals surface area contributed by atoms with Gasteiger partial charge in [-0.3, -0.25) is 4.79 Å². The molecule has 0 aliphatic carbocycles. The quantitative estimate of drug-likeness (QED) is 0.866. The van der Waals surface area contributed by atoms with Crippen LogP contribution in [-0.2, 0) is 4.79 Å². The Balaban J connectivity index is 2.73. The Hall–Kier alpha value is -1.62. The minimum Gasteiger partial charge on any atom is -0.357 e. The fourth-order valence-corrected chi connectivity index (χ4v) is 1.81. The number of nitrogens with zero attached hydrogens (tertiary/aromatic N) is 2. The number of aromatic nitrogens is 1. The van der Waals surface area contributed by atoms with E-state index in [-0.39, 0.29) is 11.3 Å². The average molecular weight is 278 g/mol. The molecule has 0 bridgehead atoms. The number of hydrogen-bond acceptors (Lipinski definition) is 4. The lowest BCUT2D eigenvalue weighted by atomic mass is 9.87. The average Bonchev–Trinajstić information content (AvgIpc) is 2.40. The highest BCUT2D eigenvalue weighted by atomic mass is 16.2. The zero-order chi connectivity index (χ0) is 15.3. The summed E-state index contributed by atoms with van der Waals surface area (Å²) in [6.07, 6.45) is 1.67. The van der Waals surface area contributed by atoms with Crippen LogP contribution in [0, 0.1) is 5.41 Å². The molecule has 0 saturated carbocycles. The molecule has 20 heavy (non-hydrogen) atoms. The van der Waals surface area contributed by atoms with Crippen LogP contribution in [0.4, 0.5) is 11.5 Å². The standard InChI is InChI=1S/C15H26N4O/c1-6-19(7-2)12-9-8-11(10-17-12)18-14(20)13(16)15(3,4)5/h8-10,13H,6-7,16H2,1-5H3,(H,18,20). The highest BCUT2D eigenvalue weighted by molar-refractivity contribution is 5.95. The molecule has 5 heteroatoms. The number of hydrogen-bond donors (Lipinski definition) is 2. The lowest BCUT2D eigenvalue weighted by molar-refractivity contribution is -0.119. The number of nitrogens with one attached hydrogen (secondary N) is 1. The summed E-state index contributed by atoms with van der Waals surface area (Å²) < 4.78 is 0. The molecule has 0 fully saturated rings. The number of nitrogens with two attached hydrogens (primary N) is 1. The summed E-state index contributed by atoms with van der Waals surface area (Å²) in [5, 5.41) is 2.81. The Morgan fingerprint density at radius 3 is 2.35 bits per heavy atom. The molecule has 3 N–H and O–H groups in total. The lowest BCUT2D eigenvalue weighted by Crippen LogP contribution is -2.45. The van der Waals surface area contributed by atoms with Crippen molar-refractivity contribution in [2.45, 2.75) is 40.7 Å². The zero-order valence-corrected chi connectivity index (χ0v) is 13.1. The minimum atomic E-state index is -0.551. The normalized spacial score (nSPS) is 12.9. The molecule has 1 atom stereocenters. The topological polar surface area (TPSA) is 71.2 Å². The molecule has 0 aliphatic rings. The van der Waals surface area contributed by atoms with E-state index in [0.29, 0.717) is 5.69 Å². The van der Waals surface area contributed by atoms with Crippen molar-refractivity contribution in [3.63, 3.8) is 0 Å². The molecule has 0 saturated heterocycles. The number of carbonyl (C=O) groups excluding carboxylic acids is 1. The molecule has 1 rings (SSSR count). The van der Waals surface area contributed by atoms with E-state index in [0.717, 1.165) is 18.9 Å². The zero-order valence-electron chi connectivity index (χ0n) is 13.1. The van der Waals surface area contributed by atoms with Crippen molar-refractivity contribution in [2.75, 3.05) is 23.3 Å². The van der Waals surface area contributed by atoms with Crippen molar-refractivity contribution >= 4 is 17.4 Å². The first kappa shape index (κ1) is 16.4. The van der Waals surface area contributed by atoms with E-state index in [9.17, 15) is 4.79 Å². The van der Waals surface area contributed by atoms with Gasteiger partial charge in [-0.05, 0) is 31.4 Å². The third-order valence-corrected chi connectivity index (χ3v) is 3.32. The highest BCUT2D eigenvalue weighted by Gasteiger charge is 2.27. The van der Waals surface area contributed by atoms with Crippen molar-refractivity contribution in [2.24, 2.45) is 11.1 Å². The maximum atomic E-state index is 12.0. The number of carbonyl (C=O) groups is 1. The summed E-state index contributed by atoms with van der Waals surface area (Å²) in [6.45, 7) is 11.8. The number of amides is 1. The third-order valence-electron chi connectivity index (χ3n) is 3.32. The molecule has 0 radical (unpaired) electrons. The second-order valence-corrected chi connectivity index (χ2v) is 5.91. The van der Waals surface area contributed by atoms with Crippen LogP contribution >= 0.6 is 0 Å². The van der Waals surface area contributed by atoms with Crippen LogP contribution in [-0.4, -0.2) is 30.0 Å². The van der Waals surface area contributed by atoms with Crippen LogP contribution < -0.4 is 16.0 Å². The molecule has 0 spiro atoms. The van der Waals surface area contributed by atoms with Gasteiger partial charge in [-0.1, -0.05) is 20.8 Å². The lowest BCUT2D eigenvalue weighted by Gasteiger charge is -2.26. The predicted octanol–water partition coefficient (Wildman–Crippen LogP) is 2.24. The van der Waals surface area contributed by atoms with Gasteiger partial charge in [-0.25, -0.2) is 4.98 Å². The van der Waals surface area contributed by atoms with E-state index in [1.807, 2.05) is 32.9 Å². The van der Waals surface area contributed by atoms with E-state index < -0.39 is 6.04 Å². The van der Waals surface area contributed by atoms with Crippen LogP contribution in [0.25, 0.3) is 0 Å². The van der Waals surface area contributed by atoms with Crippen molar-refractivity contribution in [1.29, 1.82) is 0 Å². The highest BCUT2D eigenvalue weighted by Crippen LogP contribution is 2.19. The number of anilines is 2. The Morgan fingerprint density at radius 2 is 1.95 bits per heavy atom. The molecule has 0 aliphatic heterocycles. The Kier molecular flexibility index (Phi) is 5.51. The van der Waals surface area contributed by atoms with Gasteiger partial charge >= 0.3 is 0 Å². The maximum Gasteiger partial charge on any atom is 0.241 e. The maximum absolute atomic E-state index is 12.0. The van der Waals surface area contributed by atoms with E-state index >= 15 is 0 Å². The number of rotatable bonds is 5. The smallest absolute Gasteiger partial charge is 0.241 e. The van der Waals surface area contributed by atoms with Crippen LogP contribution in [0.1, 0.15) is 34.6 Å². The van der Waals surface area contributed by atoms with Crippen molar-refractivity contribution in [3.05, 3.63) is 18.3 Å². The third kappa shape index (κ3) is 4.20. The summed E-state index contributed by atoms with van der Waals surface area (Å²) in [5.41, 5.74) is 6.33. The Morgan fingerprint density at radius 1 is 1.35 bits per heavy atom. The van der Waals surface area contributed by atoms with E-state index in [1.165, 1.54) is 0 Å². The van der Waals surface area contributed by atoms with Crippen molar-refractivity contribution < 1.29 is 4.79 Å². The van der Waals surface area contributed by atoms with Gasteiger partial charge < -0.3 is 16.0 Å². The fraction of sp³-hybridized carbons (Fsp3) is 0.600. The van der Waals surface area contributed by atoms with E-state index in [2.05, 4.69) is 29.0 Å². The molecule has 1 unspecified atom stereocenters. The van der Waals surface area contributed by atoms with E-state index in [1.54, 1.807) is 6.20 Å². The van der Waals surface area contributed by atoms with Crippen LogP contribution in [0.2, 0.25) is 0 Å². The van der Waals surface area contributed by atoms with Crippen molar-refractivity contribution in [1.82, 2.24) is 4.98 Å². The summed E-state index contributed by atoms with van der Waals surface area (Å²) in [7, 11) is 0. The largest absolute Gasteiger partial charge is 0.357 e. The van der Waals surface area contributed by atoms with Gasteiger partial charge in [0, 0.05) is 13.1 Å². The van der Waals surface area contributed by atoms with Gasteiger partial charge in [0.2, 0.25) is 5.91 Å². The number of pyridine rings is 1. The molecule has 1 aromatic rings. The second-order valence-electron chi connectivity index (χ2n) is 5.91. The summed E-state index contributed by atoms with van der Waals surface area (Å²) >= 11 is 0.